The number of benzene rings is 1. The van der Waals surface area contributed by atoms with Crippen LogP contribution in [-0.2, 0) is 16.1 Å². The fourth-order valence-corrected chi connectivity index (χ4v) is 4.38. The third-order valence-electron chi connectivity index (χ3n) is 6.09. The molecule has 0 bridgehead atoms. The maximum absolute atomic E-state index is 11.9. The first kappa shape index (κ1) is 14.8. The Kier molecular flexibility index (Phi) is 3.92. The molecule has 0 unspecified atom stereocenters. The average Bonchev–Trinajstić information content (AvgIpc) is 2.47. The summed E-state index contributed by atoms with van der Waals surface area (Å²) in [5.74, 6) is 0.443. The van der Waals surface area contributed by atoms with E-state index in [4.69, 9.17) is 4.74 Å². The van der Waals surface area contributed by atoms with Crippen LogP contribution < -0.4 is 0 Å². The summed E-state index contributed by atoms with van der Waals surface area (Å²) in [6.07, 6.45) is 6.23. The molecule has 0 radical (unpaired) electrons. The number of hydrogen-bond acceptors (Lipinski definition) is 2. The lowest BCUT2D eigenvalue weighted by molar-refractivity contribution is -0.162. The van der Waals surface area contributed by atoms with Gasteiger partial charge in [0.1, 0.15) is 5.78 Å². The molecule has 2 saturated carbocycles. The van der Waals surface area contributed by atoms with E-state index in [0.717, 1.165) is 25.7 Å². The van der Waals surface area contributed by atoms with Crippen LogP contribution in [0, 0.1) is 10.8 Å². The monoisotopic (exact) mass is 286 g/mol. The highest BCUT2D eigenvalue weighted by atomic mass is 16.5. The van der Waals surface area contributed by atoms with Crippen molar-refractivity contribution in [3.05, 3.63) is 35.9 Å². The molecule has 21 heavy (non-hydrogen) atoms. The number of hydrogen-bond donors (Lipinski definition) is 0. The fraction of sp³-hybridized carbons (Fsp3) is 0.632. The molecule has 0 aliphatic heterocycles. The topological polar surface area (TPSA) is 26.3 Å². The maximum atomic E-state index is 11.9. The molecule has 3 atom stereocenters. The van der Waals surface area contributed by atoms with E-state index >= 15 is 0 Å². The van der Waals surface area contributed by atoms with Gasteiger partial charge in [0.15, 0.2) is 0 Å². The van der Waals surface area contributed by atoms with Gasteiger partial charge in [0.05, 0.1) is 12.7 Å². The van der Waals surface area contributed by atoms with Gasteiger partial charge in [0.2, 0.25) is 0 Å². The average molecular weight is 286 g/mol. The molecule has 0 saturated heterocycles. The Balaban J connectivity index is 1.74. The lowest BCUT2D eigenvalue weighted by atomic mass is 9.50. The third kappa shape index (κ3) is 2.66. The second kappa shape index (κ2) is 5.57. The van der Waals surface area contributed by atoms with Crippen molar-refractivity contribution < 1.29 is 9.53 Å². The molecule has 0 spiro atoms. The molecule has 114 valence electrons. The first-order valence-electron chi connectivity index (χ1n) is 8.21. The quantitative estimate of drug-likeness (QED) is 0.816. The van der Waals surface area contributed by atoms with Crippen molar-refractivity contribution in [2.24, 2.45) is 10.8 Å². The van der Waals surface area contributed by atoms with E-state index < -0.39 is 0 Å². The molecule has 1 aromatic rings. The highest BCUT2D eigenvalue weighted by Gasteiger charge is 2.54. The Morgan fingerprint density at radius 2 is 1.95 bits per heavy atom. The van der Waals surface area contributed by atoms with Crippen molar-refractivity contribution in [3.8, 4) is 0 Å². The van der Waals surface area contributed by atoms with Gasteiger partial charge in [-0.15, -0.1) is 0 Å². The van der Waals surface area contributed by atoms with Gasteiger partial charge in [-0.05, 0) is 35.7 Å². The van der Waals surface area contributed by atoms with Gasteiger partial charge in [-0.25, -0.2) is 0 Å². The first-order valence-corrected chi connectivity index (χ1v) is 8.21. The molecule has 2 aliphatic rings. The molecule has 1 aromatic carbocycles. The smallest absolute Gasteiger partial charge is 0.133 e. The van der Waals surface area contributed by atoms with Gasteiger partial charge >= 0.3 is 0 Å². The molecule has 2 heteroatoms. The van der Waals surface area contributed by atoms with Gasteiger partial charge in [-0.1, -0.05) is 50.6 Å². The lowest BCUT2D eigenvalue weighted by Gasteiger charge is -2.56. The predicted octanol–water partition coefficient (Wildman–Crippen LogP) is 4.52. The van der Waals surface area contributed by atoms with Gasteiger partial charge < -0.3 is 4.74 Å². The molecule has 0 heterocycles. The van der Waals surface area contributed by atoms with Crippen LogP contribution in [0.25, 0.3) is 0 Å². The Morgan fingerprint density at radius 1 is 1.19 bits per heavy atom. The predicted molar refractivity (Wildman–Crippen MR) is 83.9 cm³/mol. The van der Waals surface area contributed by atoms with E-state index in [9.17, 15) is 4.79 Å². The number of carbonyl (C=O) groups excluding carboxylic acids is 1. The minimum atomic E-state index is 0.127. The lowest BCUT2D eigenvalue weighted by Crippen LogP contribution is -2.54. The second-order valence-electron chi connectivity index (χ2n) is 7.37. The number of rotatable bonds is 3. The first-order chi connectivity index (χ1) is 10.0. The Labute approximate surface area is 127 Å². The zero-order chi connectivity index (χ0) is 14.9. The van der Waals surface area contributed by atoms with Crippen molar-refractivity contribution in [2.75, 3.05) is 0 Å². The summed E-state index contributed by atoms with van der Waals surface area (Å²) in [6, 6.07) is 10.4. The number of fused-ring (bicyclic) bond motifs is 1. The zero-order valence-corrected chi connectivity index (χ0v) is 13.2. The SMILES string of the molecule is C[C@@]12CCC[C@@H](OCc3ccccc3)[C@]1(C)CCC(=O)C2. The molecule has 3 rings (SSSR count). The van der Waals surface area contributed by atoms with Crippen molar-refractivity contribution in [3.63, 3.8) is 0 Å². The molecule has 2 fully saturated rings. The van der Waals surface area contributed by atoms with Gasteiger partial charge in [0.25, 0.3) is 0 Å². The van der Waals surface area contributed by atoms with E-state index in [0.29, 0.717) is 12.4 Å². The van der Waals surface area contributed by atoms with Gasteiger partial charge in [-0.3, -0.25) is 4.79 Å². The van der Waals surface area contributed by atoms with Crippen LogP contribution in [-0.4, -0.2) is 11.9 Å². The summed E-state index contributed by atoms with van der Waals surface area (Å²) < 4.78 is 6.33. The fourth-order valence-electron chi connectivity index (χ4n) is 4.38. The minimum absolute atomic E-state index is 0.127. The van der Waals surface area contributed by atoms with Crippen LogP contribution in [0.2, 0.25) is 0 Å². The van der Waals surface area contributed by atoms with Crippen molar-refractivity contribution in [2.45, 2.75) is 65.1 Å². The Bertz CT molecular complexity index is 510. The standard InChI is InChI=1S/C19H26O2/c1-18-11-6-9-17(19(18,2)12-10-16(20)13-18)21-14-15-7-4-3-5-8-15/h3-5,7-8,17H,6,9-14H2,1-2H3/t17-,18+,19+/m1/s1. The maximum Gasteiger partial charge on any atom is 0.133 e. The Morgan fingerprint density at radius 3 is 2.71 bits per heavy atom. The largest absolute Gasteiger partial charge is 0.373 e. The molecule has 0 amide bonds. The summed E-state index contributed by atoms with van der Waals surface area (Å²) in [5, 5.41) is 0. The molecule has 0 N–H and O–H groups in total. The second-order valence-corrected chi connectivity index (χ2v) is 7.37. The number of ketones is 1. The van der Waals surface area contributed by atoms with Crippen molar-refractivity contribution >= 4 is 5.78 Å². The van der Waals surface area contributed by atoms with Crippen LogP contribution in [0.3, 0.4) is 0 Å². The van der Waals surface area contributed by atoms with Gasteiger partial charge in [-0.2, -0.15) is 0 Å². The van der Waals surface area contributed by atoms with Crippen LogP contribution >= 0.6 is 0 Å². The van der Waals surface area contributed by atoms with Crippen LogP contribution in [0.4, 0.5) is 0 Å². The number of carbonyl (C=O) groups is 1. The third-order valence-corrected chi connectivity index (χ3v) is 6.09. The number of Topliss-reactive ketones (excluding diaryl/α,β-unsaturated/α-hetero) is 1. The van der Waals surface area contributed by atoms with Crippen LogP contribution in [0.1, 0.15) is 57.9 Å². The summed E-state index contributed by atoms with van der Waals surface area (Å²) in [5.41, 5.74) is 1.51. The summed E-state index contributed by atoms with van der Waals surface area (Å²) in [4.78, 5) is 11.9. The van der Waals surface area contributed by atoms with Crippen LogP contribution in [0.5, 0.6) is 0 Å². The van der Waals surface area contributed by atoms with Crippen molar-refractivity contribution in [1.82, 2.24) is 0 Å². The highest BCUT2D eigenvalue weighted by Crippen LogP contribution is 2.58. The summed E-state index contributed by atoms with van der Waals surface area (Å²) in [7, 11) is 0. The molecule has 2 aliphatic carbocycles. The molecule has 0 aromatic heterocycles. The molecular formula is C19H26O2. The van der Waals surface area contributed by atoms with Crippen molar-refractivity contribution in [1.29, 1.82) is 0 Å². The molecular weight excluding hydrogens is 260 g/mol. The van der Waals surface area contributed by atoms with Gasteiger partial charge in [0, 0.05) is 12.8 Å². The van der Waals surface area contributed by atoms with E-state index in [2.05, 4.69) is 38.1 Å². The zero-order valence-electron chi connectivity index (χ0n) is 13.2. The van der Waals surface area contributed by atoms with E-state index in [1.54, 1.807) is 0 Å². The number of ether oxygens (including phenoxy) is 1. The van der Waals surface area contributed by atoms with E-state index in [1.165, 1.54) is 18.4 Å². The normalized spacial score (nSPS) is 36.3. The molecule has 2 nitrogen and oxygen atoms in total. The van der Waals surface area contributed by atoms with E-state index in [1.807, 2.05) is 6.07 Å². The Hall–Kier alpha value is -1.15. The summed E-state index contributed by atoms with van der Waals surface area (Å²) in [6.45, 7) is 5.35. The highest BCUT2D eigenvalue weighted by molar-refractivity contribution is 5.80. The van der Waals surface area contributed by atoms with E-state index in [-0.39, 0.29) is 16.9 Å². The van der Waals surface area contributed by atoms with Crippen LogP contribution in [0.15, 0.2) is 30.3 Å². The summed E-state index contributed by atoms with van der Waals surface area (Å²) >= 11 is 0. The minimum Gasteiger partial charge on any atom is -0.373 e.